The number of fused-ring (bicyclic) bond motifs is 1. The van der Waals surface area contributed by atoms with Gasteiger partial charge >= 0.3 is 0 Å². The van der Waals surface area contributed by atoms with E-state index in [2.05, 4.69) is 25.3 Å². The average molecular weight is 459 g/mol. The summed E-state index contributed by atoms with van der Waals surface area (Å²) in [5.41, 5.74) is 3.65. The maximum absolute atomic E-state index is 13.0. The standard InChI is InChI=1S/C25H26N6O3/c1-16-5-6-17(14-20(16)27-24(32)21-15-26-22-4-2-3-7-31(21)22)23-28-25(34-29-23)18-12-19(13-18)30-8-10-33-11-9-30/h2-7,14-15,18-19H,8-13H2,1H3,(H,27,32). The lowest BCUT2D eigenvalue weighted by molar-refractivity contribution is -0.00982. The number of nitrogens with zero attached hydrogens (tertiary/aromatic N) is 5. The second kappa shape index (κ2) is 8.66. The number of ether oxygens (including phenoxy) is 1. The lowest BCUT2D eigenvalue weighted by Gasteiger charge is -2.43. The van der Waals surface area contributed by atoms with Crippen LogP contribution in [0.5, 0.6) is 0 Å². The van der Waals surface area contributed by atoms with Crippen LogP contribution in [0.1, 0.15) is 40.7 Å². The first-order valence-electron chi connectivity index (χ1n) is 11.7. The van der Waals surface area contributed by atoms with Gasteiger partial charge in [0.05, 0.1) is 19.4 Å². The molecule has 1 aromatic carbocycles. The van der Waals surface area contributed by atoms with Gasteiger partial charge in [0.2, 0.25) is 11.7 Å². The van der Waals surface area contributed by atoms with Gasteiger partial charge in [-0.25, -0.2) is 4.98 Å². The van der Waals surface area contributed by atoms with Crippen molar-refractivity contribution in [1.82, 2.24) is 24.4 Å². The fraction of sp³-hybridized carbons (Fsp3) is 0.360. The number of amides is 1. The molecule has 1 aliphatic carbocycles. The molecule has 0 radical (unpaired) electrons. The molecular formula is C25H26N6O3. The van der Waals surface area contributed by atoms with Crippen LogP contribution in [0.4, 0.5) is 5.69 Å². The number of carbonyl (C=O) groups is 1. The topological polar surface area (TPSA) is 97.8 Å². The molecule has 9 nitrogen and oxygen atoms in total. The first kappa shape index (κ1) is 21.0. The highest BCUT2D eigenvalue weighted by molar-refractivity contribution is 6.04. The van der Waals surface area contributed by atoms with Crippen molar-refractivity contribution in [3.05, 3.63) is 65.9 Å². The zero-order valence-electron chi connectivity index (χ0n) is 19.0. The average Bonchev–Trinajstić information content (AvgIpc) is 3.48. The third kappa shape index (κ3) is 3.86. The Kier molecular flexibility index (Phi) is 5.35. The van der Waals surface area contributed by atoms with Gasteiger partial charge in [-0.1, -0.05) is 23.4 Å². The molecule has 0 spiro atoms. The summed E-state index contributed by atoms with van der Waals surface area (Å²) in [7, 11) is 0. The van der Waals surface area contributed by atoms with E-state index >= 15 is 0 Å². The Balaban J connectivity index is 1.16. The summed E-state index contributed by atoms with van der Waals surface area (Å²) in [6, 6.07) is 12.0. The largest absolute Gasteiger partial charge is 0.379 e. The molecule has 0 atom stereocenters. The van der Waals surface area contributed by atoms with E-state index in [1.807, 2.05) is 49.5 Å². The number of nitrogens with one attached hydrogen (secondary N) is 1. The molecule has 9 heteroatoms. The molecule has 1 saturated carbocycles. The summed E-state index contributed by atoms with van der Waals surface area (Å²) in [4.78, 5) is 24.4. The quantitative estimate of drug-likeness (QED) is 0.489. The summed E-state index contributed by atoms with van der Waals surface area (Å²) in [5, 5.41) is 7.23. The Hall–Kier alpha value is -3.56. The number of pyridine rings is 1. The van der Waals surface area contributed by atoms with Gasteiger partial charge in [0.15, 0.2) is 0 Å². The van der Waals surface area contributed by atoms with Crippen LogP contribution in [0.15, 0.2) is 53.3 Å². The van der Waals surface area contributed by atoms with Crippen molar-refractivity contribution in [2.45, 2.75) is 31.7 Å². The number of anilines is 1. The molecule has 2 fully saturated rings. The Morgan fingerprint density at radius 3 is 2.85 bits per heavy atom. The number of rotatable bonds is 5. The summed E-state index contributed by atoms with van der Waals surface area (Å²) in [6.07, 6.45) is 5.48. The minimum atomic E-state index is -0.226. The lowest BCUT2D eigenvalue weighted by Crippen LogP contribution is -2.49. The molecule has 0 unspecified atom stereocenters. The van der Waals surface area contributed by atoms with E-state index < -0.39 is 0 Å². The van der Waals surface area contributed by atoms with Gasteiger partial charge in [0.25, 0.3) is 5.91 Å². The summed E-state index contributed by atoms with van der Waals surface area (Å²) in [6.45, 7) is 5.58. The fourth-order valence-corrected chi connectivity index (χ4v) is 4.73. The first-order valence-corrected chi connectivity index (χ1v) is 11.7. The van der Waals surface area contributed by atoms with Gasteiger partial charge in [-0.3, -0.25) is 14.1 Å². The van der Waals surface area contributed by atoms with E-state index in [9.17, 15) is 4.79 Å². The molecular weight excluding hydrogens is 432 g/mol. The maximum atomic E-state index is 13.0. The Morgan fingerprint density at radius 1 is 1.15 bits per heavy atom. The van der Waals surface area contributed by atoms with Crippen LogP contribution in [0.25, 0.3) is 17.0 Å². The van der Waals surface area contributed by atoms with E-state index in [0.29, 0.717) is 35.1 Å². The third-order valence-corrected chi connectivity index (χ3v) is 6.86. The highest BCUT2D eigenvalue weighted by Gasteiger charge is 2.38. The van der Waals surface area contributed by atoms with E-state index in [1.54, 1.807) is 10.6 Å². The molecule has 1 amide bonds. The zero-order valence-corrected chi connectivity index (χ0v) is 19.0. The predicted molar refractivity (Wildman–Crippen MR) is 126 cm³/mol. The third-order valence-electron chi connectivity index (χ3n) is 6.86. The van der Waals surface area contributed by atoms with Crippen LogP contribution < -0.4 is 5.32 Å². The number of carbonyl (C=O) groups excluding carboxylic acids is 1. The Bertz CT molecular complexity index is 1330. The van der Waals surface area contributed by atoms with E-state index in [0.717, 1.165) is 55.9 Å². The van der Waals surface area contributed by atoms with Crippen molar-refractivity contribution in [2.75, 3.05) is 31.6 Å². The minimum absolute atomic E-state index is 0.226. The van der Waals surface area contributed by atoms with Gasteiger partial charge in [-0.15, -0.1) is 0 Å². The molecule has 4 heterocycles. The normalized spacial score (nSPS) is 20.9. The highest BCUT2D eigenvalue weighted by atomic mass is 16.5. The van der Waals surface area contributed by atoms with Crippen molar-refractivity contribution < 1.29 is 14.1 Å². The van der Waals surface area contributed by atoms with Gasteiger partial charge in [0, 0.05) is 42.5 Å². The molecule has 34 heavy (non-hydrogen) atoms. The van der Waals surface area contributed by atoms with E-state index in [1.165, 1.54) is 0 Å². The number of benzene rings is 1. The lowest BCUT2D eigenvalue weighted by atomic mass is 9.79. The number of hydrogen-bond donors (Lipinski definition) is 1. The van der Waals surface area contributed by atoms with Gasteiger partial charge in [-0.05, 0) is 43.5 Å². The SMILES string of the molecule is Cc1ccc(-c2noc(C3CC(N4CCOCC4)C3)n2)cc1NC(=O)c1cnc2ccccn12. The van der Waals surface area contributed by atoms with Crippen LogP contribution in [0, 0.1) is 6.92 Å². The number of aryl methyl sites for hydroxylation is 1. The molecule has 0 bridgehead atoms. The molecule has 3 aromatic heterocycles. The second-order valence-corrected chi connectivity index (χ2v) is 8.98. The fourth-order valence-electron chi connectivity index (χ4n) is 4.73. The maximum Gasteiger partial charge on any atom is 0.274 e. The molecule has 174 valence electrons. The molecule has 6 rings (SSSR count). The number of imidazole rings is 1. The molecule has 1 aliphatic heterocycles. The minimum Gasteiger partial charge on any atom is -0.379 e. The summed E-state index contributed by atoms with van der Waals surface area (Å²) in [5.74, 6) is 1.30. The molecule has 1 saturated heterocycles. The van der Waals surface area contributed by atoms with Crippen molar-refractivity contribution in [3.63, 3.8) is 0 Å². The van der Waals surface area contributed by atoms with Crippen LogP contribution in [0.2, 0.25) is 0 Å². The number of morpholine rings is 1. The van der Waals surface area contributed by atoms with Crippen molar-refractivity contribution in [3.8, 4) is 11.4 Å². The Morgan fingerprint density at radius 2 is 2.00 bits per heavy atom. The van der Waals surface area contributed by atoms with Crippen molar-refractivity contribution >= 4 is 17.2 Å². The van der Waals surface area contributed by atoms with Crippen LogP contribution in [-0.4, -0.2) is 62.7 Å². The van der Waals surface area contributed by atoms with E-state index in [4.69, 9.17) is 9.26 Å². The molecule has 2 aliphatic rings. The predicted octanol–water partition coefficient (Wildman–Crippen LogP) is 3.52. The Labute approximate surface area is 196 Å². The molecule has 4 aromatic rings. The van der Waals surface area contributed by atoms with Gasteiger partial charge < -0.3 is 14.6 Å². The van der Waals surface area contributed by atoms with Gasteiger partial charge in [0.1, 0.15) is 11.3 Å². The van der Waals surface area contributed by atoms with E-state index in [-0.39, 0.29) is 5.91 Å². The molecule has 1 N–H and O–H groups in total. The first-order chi connectivity index (χ1) is 16.7. The van der Waals surface area contributed by atoms with Crippen molar-refractivity contribution in [2.24, 2.45) is 0 Å². The smallest absolute Gasteiger partial charge is 0.274 e. The second-order valence-electron chi connectivity index (χ2n) is 8.98. The number of aromatic nitrogens is 4. The summed E-state index contributed by atoms with van der Waals surface area (Å²) >= 11 is 0. The van der Waals surface area contributed by atoms with Gasteiger partial charge in [-0.2, -0.15) is 4.98 Å². The van der Waals surface area contributed by atoms with Crippen LogP contribution in [-0.2, 0) is 4.74 Å². The highest BCUT2D eigenvalue weighted by Crippen LogP contribution is 2.40. The van der Waals surface area contributed by atoms with Crippen LogP contribution >= 0.6 is 0 Å². The van der Waals surface area contributed by atoms with Crippen LogP contribution in [0.3, 0.4) is 0 Å². The van der Waals surface area contributed by atoms with Crippen molar-refractivity contribution in [1.29, 1.82) is 0 Å². The summed E-state index contributed by atoms with van der Waals surface area (Å²) < 4.78 is 12.8. The number of hydrogen-bond acceptors (Lipinski definition) is 7. The monoisotopic (exact) mass is 458 g/mol. The zero-order chi connectivity index (χ0) is 23.1.